The molecule has 2 rings (SSSR count). The van der Waals surface area contributed by atoms with Crippen LogP contribution in [0.5, 0.6) is 5.75 Å². The first kappa shape index (κ1) is 15.1. The Kier molecular flexibility index (Phi) is 4.95. The lowest BCUT2D eigenvalue weighted by molar-refractivity contribution is 0.0696. The van der Waals surface area contributed by atoms with E-state index < -0.39 is 5.97 Å². The van der Waals surface area contributed by atoms with E-state index in [1.54, 1.807) is 18.2 Å². The Balaban J connectivity index is 2.20. The first-order chi connectivity index (χ1) is 10.1. The summed E-state index contributed by atoms with van der Waals surface area (Å²) in [6.07, 6.45) is 4.90. The number of aromatic nitrogens is 1. The van der Waals surface area contributed by atoms with Crippen molar-refractivity contribution < 1.29 is 14.6 Å². The van der Waals surface area contributed by atoms with Crippen LogP contribution in [-0.4, -0.2) is 22.7 Å². The van der Waals surface area contributed by atoms with E-state index in [9.17, 15) is 4.79 Å². The maximum Gasteiger partial charge on any atom is 0.337 e. The van der Waals surface area contributed by atoms with Crippen LogP contribution in [0.2, 0.25) is 5.02 Å². The molecule has 0 saturated heterocycles. The van der Waals surface area contributed by atoms with Gasteiger partial charge in [0.05, 0.1) is 17.9 Å². The van der Waals surface area contributed by atoms with Crippen molar-refractivity contribution in [1.82, 2.24) is 4.98 Å². The number of halogens is 1. The Hall–Kier alpha value is -2.33. The molecule has 5 heteroatoms. The predicted molar refractivity (Wildman–Crippen MR) is 82.7 cm³/mol. The molecule has 108 valence electrons. The molecule has 21 heavy (non-hydrogen) atoms. The minimum Gasteiger partial charge on any atom is -0.494 e. The summed E-state index contributed by atoms with van der Waals surface area (Å²) in [7, 11) is 0. The van der Waals surface area contributed by atoms with Gasteiger partial charge in [0.15, 0.2) is 0 Å². The predicted octanol–water partition coefficient (Wildman–Crippen LogP) is 4.00. The average molecular weight is 304 g/mol. The molecule has 2 aromatic rings. The van der Waals surface area contributed by atoms with E-state index in [1.165, 1.54) is 12.3 Å². The molecule has 0 aliphatic rings. The Morgan fingerprint density at radius 2 is 2.14 bits per heavy atom. The maximum absolute atomic E-state index is 10.7. The van der Waals surface area contributed by atoms with Gasteiger partial charge in [-0.1, -0.05) is 17.7 Å². The molecule has 0 bridgehead atoms. The highest BCUT2D eigenvalue weighted by Crippen LogP contribution is 2.24. The van der Waals surface area contributed by atoms with E-state index in [2.05, 4.69) is 4.98 Å². The van der Waals surface area contributed by atoms with Crippen LogP contribution in [0.15, 0.2) is 36.5 Å². The lowest BCUT2D eigenvalue weighted by atomic mass is 10.1. The van der Waals surface area contributed by atoms with E-state index in [-0.39, 0.29) is 5.56 Å². The van der Waals surface area contributed by atoms with Crippen molar-refractivity contribution in [3.8, 4) is 5.75 Å². The molecule has 1 N–H and O–H groups in total. The Bertz CT molecular complexity index is 666. The number of pyridine rings is 1. The van der Waals surface area contributed by atoms with Crippen molar-refractivity contribution in [2.75, 3.05) is 6.61 Å². The van der Waals surface area contributed by atoms with Crippen molar-refractivity contribution in [3.05, 3.63) is 58.4 Å². The number of ether oxygens (including phenoxy) is 1. The number of benzene rings is 1. The summed E-state index contributed by atoms with van der Waals surface area (Å²) in [6.45, 7) is 2.50. The van der Waals surface area contributed by atoms with Gasteiger partial charge in [-0.25, -0.2) is 4.79 Å². The molecule has 4 nitrogen and oxygen atoms in total. The number of rotatable bonds is 5. The normalized spacial score (nSPS) is 10.8. The largest absolute Gasteiger partial charge is 0.494 e. The third-order valence-electron chi connectivity index (χ3n) is 2.75. The van der Waals surface area contributed by atoms with Crippen LogP contribution in [0, 0.1) is 0 Å². The molecule has 0 aliphatic carbocycles. The molecular formula is C16H14ClNO3. The highest BCUT2D eigenvalue weighted by atomic mass is 35.5. The van der Waals surface area contributed by atoms with Gasteiger partial charge < -0.3 is 9.84 Å². The van der Waals surface area contributed by atoms with Crippen molar-refractivity contribution in [2.45, 2.75) is 6.92 Å². The maximum atomic E-state index is 10.7. The molecule has 1 heterocycles. The van der Waals surface area contributed by atoms with Crippen LogP contribution >= 0.6 is 11.6 Å². The molecule has 1 aromatic carbocycles. The minimum atomic E-state index is -0.995. The second-order valence-corrected chi connectivity index (χ2v) is 4.63. The van der Waals surface area contributed by atoms with Crippen LogP contribution in [0.4, 0.5) is 0 Å². The number of nitrogens with zero attached hydrogens (tertiary/aromatic N) is 1. The van der Waals surface area contributed by atoms with Crippen molar-refractivity contribution in [2.24, 2.45) is 0 Å². The van der Waals surface area contributed by atoms with Gasteiger partial charge in [0.25, 0.3) is 0 Å². The van der Waals surface area contributed by atoms with E-state index in [1.807, 2.05) is 25.1 Å². The summed E-state index contributed by atoms with van der Waals surface area (Å²) in [5.41, 5.74) is 1.62. The number of hydrogen-bond acceptors (Lipinski definition) is 3. The van der Waals surface area contributed by atoms with Gasteiger partial charge in [0.2, 0.25) is 0 Å². The number of carboxylic acid groups (broad SMARTS) is 1. The highest BCUT2D eigenvalue weighted by molar-refractivity contribution is 6.32. The van der Waals surface area contributed by atoms with Gasteiger partial charge in [-0.2, -0.15) is 0 Å². The summed E-state index contributed by atoms with van der Waals surface area (Å²) in [6, 6.07) is 8.57. The Labute approximate surface area is 127 Å². The summed E-state index contributed by atoms with van der Waals surface area (Å²) in [4.78, 5) is 14.8. The monoisotopic (exact) mass is 303 g/mol. The van der Waals surface area contributed by atoms with Gasteiger partial charge in [-0.15, -0.1) is 0 Å². The summed E-state index contributed by atoms with van der Waals surface area (Å²) < 4.78 is 5.42. The zero-order valence-electron chi connectivity index (χ0n) is 11.4. The molecule has 0 unspecified atom stereocenters. The first-order valence-corrected chi connectivity index (χ1v) is 6.77. The smallest absolute Gasteiger partial charge is 0.337 e. The molecule has 1 aromatic heterocycles. The zero-order chi connectivity index (χ0) is 15.2. The number of carboxylic acids is 1. The van der Waals surface area contributed by atoms with Crippen LogP contribution in [-0.2, 0) is 0 Å². The molecule has 0 atom stereocenters. The van der Waals surface area contributed by atoms with Crippen LogP contribution in [0.1, 0.15) is 28.5 Å². The number of hydrogen-bond donors (Lipinski definition) is 1. The van der Waals surface area contributed by atoms with Crippen molar-refractivity contribution >= 4 is 29.7 Å². The van der Waals surface area contributed by atoms with Crippen LogP contribution in [0.25, 0.3) is 12.2 Å². The Morgan fingerprint density at radius 3 is 2.76 bits per heavy atom. The lowest BCUT2D eigenvalue weighted by Gasteiger charge is -2.05. The fourth-order valence-electron chi connectivity index (χ4n) is 1.71. The Morgan fingerprint density at radius 1 is 1.33 bits per heavy atom. The highest BCUT2D eigenvalue weighted by Gasteiger charge is 2.02. The molecule has 0 amide bonds. The van der Waals surface area contributed by atoms with Gasteiger partial charge in [-0.05, 0) is 48.9 Å². The number of carbonyl (C=O) groups is 1. The molecule has 0 spiro atoms. The van der Waals surface area contributed by atoms with Gasteiger partial charge in [-0.3, -0.25) is 4.98 Å². The van der Waals surface area contributed by atoms with E-state index in [4.69, 9.17) is 21.4 Å². The van der Waals surface area contributed by atoms with Gasteiger partial charge in [0.1, 0.15) is 5.75 Å². The minimum absolute atomic E-state index is 0.156. The molecule has 0 saturated carbocycles. The molecule has 0 fully saturated rings. The summed E-state index contributed by atoms with van der Waals surface area (Å²) in [5, 5.41) is 9.42. The van der Waals surface area contributed by atoms with Crippen molar-refractivity contribution in [1.29, 1.82) is 0 Å². The summed E-state index contributed by atoms with van der Waals surface area (Å²) >= 11 is 6.12. The fourth-order valence-corrected chi connectivity index (χ4v) is 1.89. The quantitative estimate of drug-likeness (QED) is 0.907. The van der Waals surface area contributed by atoms with Crippen molar-refractivity contribution in [3.63, 3.8) is 0 Å². The van der Waals surface area contributed by atoms with E-state index in [0.29, 0.717) is 17.3 Å². The van der Waals surface area contributed by atoms with Crippen LogP contribution < -0.4 is 4.74 Å². The van der Waals surface area contributed by atoms with E-state index in [0.717, 1.165) is 11.3 Å². The topological polar surface area (TPSA) is 59.4 Å². The fraction of sp³-hybridized carbons (Fsp3) is 0.125. The third kappa shape index (κ3) is 4.07. The summed E-state index contributed by atoms with van der Waals surface area (Å²) in [5.74, 6) is -0.249. The first-order valence-electron chi connectivity index (χ1n) is 6.40. The van der Waals surface area contributed by atoms with Gasteiger partial charge >= 0.3 is 5.97 Å². The second-order valence-electron chi connectivity index (χ2n) is 4.23. The van der Waals surface area contributed by atoms with Gasteiger partial charge in [0, 0.05) is 11.2 Å². The lowest BCUT2D eigenvalue weighted by Crippen LogP contribution is -1.96. The zero-order valence-corrected chi connectivity index (χ0v) is 12.2. The average Bonchev–Trinajstić information content (AvgIpc) is 2.48. The third-order valence-corrected chi connectivity index (χ3v) is 3.09. The number of aromatic carboxylic acids is 1. The molecular weight excluding hydrogens is 290 g/mol. The van der Waals surface area contributed by atoms with E-state index >= 15 is 0 Å². The SMILES string of the molecule is CCOc1ccc(Cl)c(/C=C/c2ccc(C(=O)O)cn2)c1. The van der Waals surface area contributed by atoms with Crippen LogP contribution in [0.3, 0.4) is 0 Å². The second kappa shape index (κ2) is 6.90. The molecule has 0 radical (unpaired) electrons. The molecule has 0 aliphatic heterocycles. The standard InChI is InChI=1S/C16H14ClNO3/c1-2-21-14-7-8-15(17)11(9-14)3-5-13-6-4-12(10-18-13)16(19)20/h3-10H,2H2,1H3,(H,19,20)/b5-3+.